The Bertz CT molecular complexity index is 629. The summed E-state index contributed by atoms with van der Waals surface area (Å²) < 4.78 is 0. The van der Waals surface area contributed by atoms with Gasteiger partial charge in [-0.05, 0) is 43.2 Å². The predicted molar refractivity (Wildman–Crippen MR) is 107 cm³/mol. The van der Waals surface area contributed by atoms with Gasteiger partial charge in [-0.25, -0.2) is 5.43 Å². The van der Waals surface area contributed by atoms with Gasteiger partial charge < -0.3 is 4.90 Å². The predicted octanol–water partition coefficient (Wildman–Crippen LogP) is 3.23. The molecule has 0 radical (unpaired) electrons. The van der Waals surface area contributed by atoms with Crippen molar-refractivity contribution in [3.05, 3.63) is 57.2 Å². The van der Waals surface area contributed by atoms with Crippen molar-refractivity contribution in [1.82, 2.24) is 20.7 Å². The van der Waals surface area contributed by atoms with E-state index in [0.29, 0.717) is 12.0 Å². The number of likely N-dealkylation sites (N-methyl/N-ethyl adjacent to an activating group) is 1. The molecule has 1 fully saturated rings. The molecule has 1 aliphatic heterocycles. The van der Waals surface area contributed by atoms with Gasteiger partial charge in [-0.3, -0.25) is 10.3 Å². The molecule has 1 aromatic carbocycles. The van der Waals surface area contributed by atoms with Gasteiger partial charge in [-0.2, -0.15) is 0 Å². The molecule has 0 aliphatic carbocycles. The Morgan fingerprint density at radius 2 is 1.96 bits per heavy atom. The van der Waals surface area contributed by atoms with Gasteiger partial charge in [0.05, 0.1) is 6.04 Å². The molecule has 0 saturated carbocycles. The summed E-state index contributed by atoms with van der Waals surface area (Å²) >= 11 is 7.88. The van der Waals surface area contributed by atoms with Crippen molar-refractivity contribution in [2.24, 2.45) is 5.92 Å². The average Bonchev–Trinajstić information content (AvgIpc) is 3.25. The van der Waals surface area contributed by atoms with Crippen molar-refractivity contribution in [3.8, 4) is 0 Å². The first kappa shape index (κ1) is 18.8. The number of nitrogens with zero attached hydrogens (tertiary/aromatic N) is 2. The van der Waals surface area contributed by atoms with Crippen LogP contribution in [0.15, 0.2) is 41.8 Å². The highest BCUT2D eigenvalue weighted by Crippen LogP contribution is 2.27. The van der Waals surface area contributed by atoms with Crippen LogP contribution in [0.4, 0.5) is 0 Å². The number of benzene rings is 1. The maximum Gasteiger partial charge on any atom is 0.0515 e. The molecule has 25 heavy (non-hydrogen) atoms. The zero-order chi connectivity index (χ0) is 17.6. The van der Waals surface area contributed by atoms with E-state index in [1.165, 1.54) is 10.4 Å². The van der Waals surface area contributed by atoms with Gasteiger partial charge in [0, 0.05) is 48.5 Å². The molecule has 2 heterocycles. The first-order valence-corrected chi connectivity index (χ1v) is 10.0. The van der Waals surface area contributed by atoms with Gasteiger partial charge in [0.25, 0.3) is 0 Å². The molecule has 0 amide bonds. The Morgan fingerprint density at radius 1 is 1.16 bits per heavy atom. The van der Waals surface area contributed by atoms with Crippen LogP contribution < -0.4 is 10.9 Å². The van der Waals surface area contributed by atoms with Gasteiger partial charge >= 0.3 is 0 Å². The van der Waals surface area contributed by atoms with Crippen molar-refractivity contribution in [3.63, 3.8) is 0 Å². The highest BCUT2D eigenvalue weighted by Gasteiger charge is 2.29. The van der Waals surface area contributed by atoms with Crippen molar-refractivity contribution in [2.75, 3.05) is 40.3 Å². The monoisotopic (exact) mass is 378 g/mol. The molecule has 136 valence electrons. The van der Waals surface area contributed by atoms with Gasteiger partial charge in [-0.1, -0.05) is 29.8 Å². The van der Waals surface area contributed by atoms with Gasteiger partial charge in [0.2, 0.25) is 0 Å². The first-order valence-electron chi connectivity index (χ1n) is 8.75. The second-order valence-electron chi connectivity index (χ2n) is 6.93. The van der Waals surface area contributed by atoms with E-state index >= 15 is 0 Å². The molecule has 6 heteroatoms. The third-order valence-corrected chi connectivity index (χ3v) is 5.75. The fourth-order valence-corrected chi connectivity index (χ4v) is 4.13. The van der Waals surface area contributed by atoms with Gasteiger partial charge in [0.1, 0.15) is 0 Å². The summed E-state index contributed by atoms with van der Waals surface area (Å²) in [5, 5.41) is 2.95. The minimum absolute atomic E-state index is 0.322. The molecule has 3 rings (SSSR count). The summed E-state index contributed by atoms with van der Waals surface area (Å²) in [6.07, 6.45) is 0. The van der Waals surface area contributed by atoms with Crippen LogP contribution in [-0.4, -0.2) is 50.1 Å². The Labute approximate surface area is 159 Å². The Balaban J connectivity index is 1.67. The average molecular weight is 379 g/mol. The van der Waals surface area contributed by atoms with Crippen LogP contribution in [0.5, 0.6) is 0 Å². The third-order valence-electron chi connectivity index (χ3n) is 4.64. The minimum atomic E-state index is 0.322. The maximum absolute atomic E-state index is 6.04. The maximum atomic E-state index is 6.04. The first-order chi connectivity index (χ1) is 12.1. The lowest BCUT2D eigenvalue weighted by Gasteiger charge is -2.28. The summed E-state index contributed by atoms with van der Waals surface area (Å²) in [6, 6.07) is 12.9. The van der Waals surface area contributed by atoms with Crippen molar-refractivity contribution >= 4 is 22.9 Å². The quantitative estimate of drug-likeness (QED) is 0.738. The zero-order valence-electron chi connectivity index (χ0n) is 14.9. The lowest BCUT2D eigenvalue weighted by molar-refractivity contribution is 0.199. The number of hydrazine groups is 1. The standard InChI is InChI=1S/C19H27ClN4S/c1-23(2)9-10-24(14-18-4-3-11-25-18)13-16-12-21-22-19(16)15-5-7-17(20)8-6-15/h3-8,11,16,19,21-22H,9-10,12-14H2,1-2H3. The zero-order valence-corrected chi connectivity index (χ0v) is 16.5. The van der Waals surface area contributed by atoms with Crippen LogP contribution in [0.25, 0.3) is 0 Å². The number of rotatable bonds is 8. The van der Waals surface area contributed by atoms with Crippen LogP contribution in [0.3, 0.4) is 0 Å². The molecular weight excluding hydrogens is 352 g/mol. The Hall–Kier alpha value is -0.950. The summed E-state index contributed by atoms with van der Waals surface area (Å²) in [5.74, 6) is 0.531. The van der Waals surface area contributed by atoms with Crippen LogP contribution in [0.2, 0.25) is 5.02 Å². The van der Waals surface area contributed by atoms with Gasteiger partial charge in [0.15, 0.2) is 0 Å². The van der Waals surface area contributed by atoms with Crippen molar-refractivity contribution < 1.29 is 0 Å². The smallest absolute Gasteiger partial charge is 0.0515 e. The number of nitrogens with one attached hydrogen (secondary N) is 2. The fourth-order valence-electron chi connectivity index (χ4n) is 3.26. The number of hydrogen-bond donors (Lipinski definition) is 2. The lowest BCUT2D eigenvalue weighted by atomic mass is 9.94. The summed E-state index contributed by atoms with van der Waals surface area (Å²) in [7, 11) is 4.27. The normalized spacial score (nSPS) is 20.7. The molecular formula is C19H27ClN4S. The number of hydrogen-bond acceptors (Lipinski definition) is 5. The number of thiophene rings is 1. The molecule has 1 aliphatic rings. The molecule has 2 N–H and O–H groups in total. The summed E-state index contributed by atoms with van der Waals surface area (Å²) in [4.78, 5) is 6.26. The van der Waals surface area contributed by atoms with Crippen LogP contribution in [0, 0.1) is 5.92 Å². The molecule has 0 spiro atoms. The van der Waals surface area contributed by atoms with Crippen molar-refractivity contribution in [1.29, 1.82) is 0 Å². The van der Waals surface area contributed by atoms with Crippen molar-refractivity contribution in [2.45, 2.75) is 12.6 Å². The second-order valence-corrected chi connectivity index (χ2v) is 8.40. The van der Waals surface area contributed by atoms with Crippen LogP contribution in [-0.2, 0) is 6.54 Å². The Morgan fingerprint density at radius 3 is 2.64 bits per heavy atom. The summed E-state index contributed by atoms with van der Waals surface area (Å²) in [5.41, 5.74) is 8.09. The lowest BCUT2D eigenvalue weighted by Crippen LogP contribution is -2.36. The summed E-state index contributed by atoms with van der Waals surface area (Å²) in [6.45, 7) is 5.23. The largest absolute Gasteiger partial charge is 0.308 e. The van der Waals surface area contributed by atoms with Crippen LogP contribution >= 0.6 is 22.9 Å². The minimum Gasteiger partial charge on any atom is -0.308 e. The molecule has 2 aromatic rings. The molecule has 1 aromatic heterocycles. The van der Waals surface area contributed by atoms with E-state index in [2.05, 4.69) is 64.4 Å². The Kier molecular flexibility index (Phi) is 6.87. The van der Waals surface area contributed by atoms with E-state index in [4.69, 9.17) is 11.6 Å². The molecule has 1 saturated heterocycles. The topological polar surface area (TPSA) is 30.5 Å². The van der Waals surface area contributed by atoms with E-state index in [9.17, 15) is 0 Å². The highest BCUT2D eigenvalue weighted by molar-refractivity contribution is 7.09. The highest BCUT2D eigenvalue weighted by atomic mass is 35.5. The number of halogens is 1. The van der Waals surface area contributed by atoms with E-state index in [1.807, 2.05) is 23.5 Å². The van der Waals surface area contributed by atoms with E-state index in [0.717, 1.165) is 37.7 Å². The van der Waals surface area contributed by atoms with Crippen LogP contribution in [0.1, 0.15) is 16.5 Å². The van der Waals surface area contributed by atoms with E-state index in [1.54, 1.807) is 0 Å². The molecule has 2 atom stereocenters. The molecule has 4 nitrogen and oxygen atoms in total. The fraction of sp³-hybridized carbons (Fsp3) is 0.474. The second kappa shape index (κ2) is 9.12. The van der Waals surface area contributed by atoms with Gasteiger partial charge in [-0.15, -0.1) is 11.3 Å². The van der Waals surface area contributed by atoms with E-state index < -0.39 is 0 Å². The molecule has 0 bridgehead atoms. The third kappa shape index (κ3) is 5.51. The van der Waals surface area contributed by atoms with E-state index in [-0.39, 0.29) is 0 Å². The SMILES string of the molecule is CN(C)CCN(Cc1cccs1)CC1CNNC1c1ccc(Cl)cc1. The molecule has 2 unspecified atom stereocenters.